The number of rotatable bonds is 3. The van der Waals surface area contributed by atoms with Crippen LogP contribution in [0.4, 0.5) is 0 Å². The van der Waals surface area contributed by atoms with Gasteiger partial charge in [0.15, 0.2) is 5.76 Å². The molecule has 0 bridgehead atoms. The summed E-state index contributed by atoms with van der Waals surface area (Å²) in [6.07, 6.45) is 3.05. The largest absolute Gasteiger partial charge is 0.481 e. The first-order valence-electron chi connectivity index (χ1n) is 7.95. The van der Waals surface area contributed by atoms with Gasteiger partial charge in [-0.05, 0) is 38.3 Å². The highest BCUT2D eigenvalue weighted by Gasteiger charge is 2.42. The Morgan fingerprint density at radius 2 is 2.13 bits per heavy atom. The Labute approximate surface area is 134 Å². The summed E-state index contributed by atoms with van der Waals surface area (Å²) in [6.45, 7) is 3.74. The predicted molar refractivity (Wildman–Crippen MR) is 86.4 cm³/mol. The quantitative estimate of drug-likeness (QED) is 0.908. The van der Waals surface area contributed by atoms with Crippen LogP contribution in [0.15, 0.2) is 28.7 Å². The second-order valence-corrected chi connectivity index (χ2v) is 6.61. The molecule has 1 aromatic carbocycles. The summed E-state index contributed by atoms with van der Waals surface area (Å²) in [5, 5.41) is 13.2. The van der Waals surface area contributed by atoms with Gasteiger partial charge >= 0.3 is 5.97 Å². The van der Waals surface area contributed by atoms with Crippen molar-refractivity contribution in [3.05, 3.63) is 35.6 Å². The number of furan rings is 1. The van der Waals surface area contributed by atoms with Crippen molar-refractivity contribution in [1.29, 1.82) is 0 Å². The number of aryl methyl sites for hydroxylation is 1. The van der Waals surface area contributed by atoms with E-state index in [1.807, 2.05) is 32.0 Å². The zero-order valence-corrected chi connectivity index (χ0v) is 13.4. The lowest BCUT2D eigenvalue weighted by Crippen LogP contribution is -2.55. The topological polar surface area (TPSA) is 79.5 Å². The van der Waals surface area contributed by atoms with Gasteiger partial charge in [-0.1, -0.05) is 31.0 Å². The van der Waals surface area contributed by atoms with E-state index >= 15 is 0 Å². The molecule has 1 amide bonds. The number of aliphatic carboxylic acids is 1. The van der Waals surface area contributed by atoms with Crippen LogP contribution in [-0.4, -0.2) is 22.5 Å². The molecule has 0 aliphatic heterocycles. The lowest BCUT2D eigenvalue weighted by molar-refractivity contribution is -0.145. The van der Waals surface area contributed by atoms with E-state index in [9.17, 15) is 14.7 Å². The van der Waals surface area contributed by atoms with Crippen LogP contribution in [0.3, 0.4) is 0 Å². The summed E-state index contributed by atoms with van der Waals surface area (Å²) in [5.74, 6) is -1.54. The van der Waals surface area contributed by atoms with Crippen molar-refractivity contribution in [2.24, 2.45) is 5.92 Å². The van der Waals surface area contributed by atoms with Gasteiger partial charge in [-0.25, -0.2) is 0 Å². The standard InChI is InChI=1S/C18H21NO4/c1-11-6-5-7-12-10-14(23-15(11)12)16(20)19-18(2)9-4-3-8-13(18)17(21)22/h5-7,10,13H,3-4,8-9H2,1-2H3,(H,19,20)(H,21,22). The molecule has 1 aliphatic carbocycles. The number of carboxylic acid groups (broad SMARTS) is 1. The van der Waals surface area contributed by atoms with Crippen LogP contribution < -0.4 is 5.32 Å². The number of hydrogen-bond acceptors (Lipinski definition) is 3. The molecule has 5 heteroatoms. The van der Waals surface area contributed by atoms with Crippen molar-refractivity contribution in [3.63, 3.8) is 0 Å². The van der Waals surface area contributed by atoms with Gasteiger partial charge in [0.2, 0.25) is 0 Å². The number of carboxylic acids is 1. The van der Waals surface area contributed by atoms with Crippen LogP contribution in [0.25, 0.3) is 11.0 Å². The molecule has 1 heterocycles. The highest BCUT2D eigenvalue weighted by molar-refractivity contribution is 5.97. The minimum atomic E-state index is -0.854. The zero-order valence-electron chi connectivity index (χ0n) is 13.4. The number of benzene rings is 1. The molecule has 1 aromatic heterocycles. The monoisotopic (exact) mass is 315 g/mol. The molecule has 0 spiro atoms. The van der Waals surface area contributed by atoms with Crippen LogP contribution in [0.1, 0.15) is 48.7 Å². The Hall–Kier alpha value is -2.30. The minimum absolute atomic E-state index is 0.227. The number of carbonyl (C=O) groups excluding carboxylic acids is 1. The smallest absolute Gasteiger partial charge is 0.308 e. The fraction of sp³-hybridized carbons (Fsp3) is 0.444. The van der Waals surface area contributed by atoms with E-state index in [0.717, 1.165) is 23.8 Å². The van der Waals surface area contributed by atoms with Crippen LogP contribution >= 0.6 is 0 Å². The van der Waals surface area contributed by atoms with E-state index in [2.05, 4.69) is 5.32 Å². The third-order valence-electron chi connectivity index (χ3n) is 4.87. The molecule has 23 heavy (non-hydrogen) atoms. The summed E-state index contributed by atoms with van der Waals surface area (Å²) in [4.78, 5) is 24.1. The minimum Gasteiger partial charge on any atom is -0.481 e. The van der Waals surface area contributed by atoms with E-state index < -0.39 is 17.4 Å². The van der Waals surface area contributed by atoms with Crippen LogP contribution in [0, 0.1) is 12.8 Å². The lowest BCUT2D eigenvalue weighted by atomic mass is 9.74. The average molecular weight is 315 g/mol. The third kappa shape index (κ3) is 2.83. The highest BCUT2D eigenvalue weighted by Crippen LogP contribution is 2.34. The van der Waals surface area contributed by atoms with E-state index in [1.165, 1.54) is 0 Å². The molecule has 2 atom stereocenters. The number of carbonyl (C=O) groups is 2. The van der Waals surface area contributed by atoms with Gasteiger partial charge in [-0.2, -0.15) is 0 Å². The van der Waals surface area contributed by atoms with E-state index in [0.29, 0.717) is 18.4 Å². The van der Waals surface area contributed by atoms with E-state index in [-0.39, 0.29) is 11.7 Å². The van der Waals surface area contributed by atoms with Gasteiger partial charge in [0.25, 0.3) is 5.91 Å². The van der Waals surface area contributed by atoms with E-state index in [1.54, 1.807) is 6.07 Å². The van der Waals surface area contributed by atoms with Gasteiger partial charge in [0.1, 0.15) is 5.58 Å². The van der Waals surface area contributed by atoms with Crippen LogP contribution in [0.2, 0.25) is 0 Å². The third-order valence-corrected chi connectivity index (χ3v) is 4.87. The first-order chi connectivity index (χ1) is 10.9. The highest BCUT2D eigenvalue weighted by atomic mass is 16.4. The zero-order chi connectivity index (χ0) is 16.6. The van der Waals surface area contributed by atoms with Crippen molar-refractivity contribution < 1.29 is 19.1 Å². The molecule has 122 valence electrons. The first kappa shape index (κ1) is 15.6. The maximum Gasteiger partial charge on any atom is 0.308 e. The van der Waals surface area contributed by atoms with Gasteiger partial charge in [0.05, 0.1) is 11.5 Å². The first-order valence-corrected chi connectivity index (χ1v) is 7.95. The number of fused-ring (bicyclic) bond motifs is 1. The summed E-state index contributed by atoms with van der Waals surface area (Å²) in [6, 6.07) is 7.44. The number of nitrogens with one attached hydrogen (secondary N) is 1. The molecule has 1 aliphatic rings. The molecule has 3 rings (SSSR count). The molecule has 1 saturated carbocycles. The van der Waals surface area contributed by atoms with Gasteiger partial charge < -0.3 is 14.8 Å². The number of amides is 1. The number of hydrogen-bond donors (Lipinski definition) is 2. The van der Waals surface area contributed by atoms with Crippen LogP contribution in [-0.2, 0) is 4.79 Å². The van der Waals surface area contributed by atoms with Crippen molar-refractivity contribution in [2.45, 2.75) is 45.1 Å². The van der Waals surface area contributed by atoms with Crippen molar-refractivity contribution in [2.75, 3.05) is 0 Å². The predicted octanol–water partition coefficient (Wildman–Crippen LogP) is 3.50. The molecule has 5 nitrogen and oxygen atoms in total. The summed E-state index contributed by atoms with van der Waals surface area (Å²) in [5.41, 5.74) is 0.921. The Kier molecular flexibility index (Phi) is 3.88. The van der Waals surface area contributed by atoms with Gasteiger partial charge in [-0.15, -0.1) is 0 Å². The molecule has 2 N–H and O–H groups in total. The van der Waals surface area contributed by atoms with E-state index in [4.69, 9.17) is 4.42 Å². The molecule has 0 saturated heterocycles. The fourth-order valence-corrected chi connectivity index (χ4v) is 3.52. The normalized spacial score (nSPS) is 24.5. The van der Waals surface area contributed by atoms with Gasteiger partial charge in [0, 0.05) is 5.39 Å². The molecule has 2 aromatic rings. The van der Waals surface area contributed by atoms with Crippen molar-refractivity contribution in [1.82, 2.24) is 5.32 Å². The summed E-state index contributed by atoms with van der Waals surface area (Å²) in [7, 11) is 0. The second kappa shape index (κ2) is 5.72. The SMILES string of the molecule is Cc1cccc2cc(C(=O)NC3(C)CCCCC3C(=O)O)oc12. The fourth-order valence-electron chi connectivity index (χ4n) is 3.52. The Morgan fingerprint density at radius 3 is 2.83 bits per heavy atom. The lowest BCUT2D eigenvalue weighted by Gasteiger charge is -2.39. The molecule has 1 fully saturated rings. The van der Waals surface area contributed by atoms with Crippen molar-refractivity contribution >= 4 is 22.8 Å². The molecule has 2 unspecified atom stereocenters. The Bertz CT molecular complexity index is 763. The van der Waals surface area contributed by atoms with Gasteiger partial charge in [-0.3, -0.25) is 9.59 Å². The molecular weight excluding hydrogens is 294 g/mol. The summed E-state index contributed by atoms with van der Waals surface area (Å²) < 4.78 is 5.68. The van der Waals surface area contributed by atoms with Crippen LogP contribution in [0.5, 0.6) is 0 Å². The molecular formula is C18H21NO4. The Balaban J connectivity index is 1.87. The summed E-state index contributed by atoms with van der Waals surface area (Å²) >= 11 is 0. The molecule has 0 radical (unpaired) electrons. The van der Waals surface area contributed by atoms with Crippen molar-refractivity contribution in [3.8, 4) is 0 Å². The second-order valence-electron chi connectivity index (χ2n) is 6.61. The number of para-hydroxylation sites is 1. The average Bonchev–Trinajstić information content (AvgIpc) is 2.92. The maximum absolute atomic E-state index is 12.6. The maximum atomic E-state index is 12.6. The Morgan fingerprint density at radius 1 is 1.35 bits per heavy atom.